The van der Waals surface area contributed by atoms with Gasteiger partial charge in [-0.05, 0) is 45.4 Å². The number of hydrogen-bond acceptors (Lipinski definition) is 3. The van der Waals surface area contributed by atoms with Crippen molar-refractivity contribution < 1.29 is 9.59 Å². The summed E-state index contributed by atoms with van der Waals surface area (Å²) in [6.07, 6.45) is 7.70. The van der Waals surface area contributed by atoms with Crippen molar-refractivity contribution in [3.63, 3.8) is 0 Å². The lowest BCUT2D eigenvalue weighted by atomic mass is 9.83. The molecule has 1 saturated heterocycles. The normalized spacial score (nSPS) is 31.7. The van der Waals surface area contributed by atoms with E-state index < -0.39 is 0 Å². The number of nitrogens with zero attached hydrogens (tertiary/aromatic N) is 1. The van der Waals surface area contributed by atoms with E-state index >= 15 is 0 Å². The molecule has 4 unspecified atom stereocenters. The summed E-state index contributed by atoms with van der Waals surface area (Å²) in [6.45, 7) is 5.53. The van der Waals surface area contributed by atoms with Crippen LogP contribution in [-0.2, 0) is 9.59 Å². The number of nitrogens with two attached hydrogens (primary N) is 1. The van der Waals surface area contributed by atoms with Gasteiger partial charge in [-0.25, -0.2) is 0 Å². The summed E-state index contributed by atoms with van der Waals surface area (Å²) in [4.78, 5) is 27.1. The van der Waals surface area contributed by atoms with Crippen molar-refractivity contribution in [3.8, 4) is 0 Å². The van der Waals surface area contributed by atoms with Crippen LogP contribution in [-0.4, -0.2) is 41.9 Å². The van der Waals surface area contributed by atoms with E-state index in [2.05, 4.69) is 19.2 Å². The van der Waals surface area contributed by atoms with E-state index in [9.17, 15) is 9.59 Å². The Morgan fingerprint density at radius 2 is 1.96 bits per heavy atom. The van der Waals surface area contributed by atoms with E-state index in [0.29, 0.717) is 6.54 Å². The predicted molar refractivity (Wildman–Crippen MR) is 91.8 cm³/mol. The van der Waals surface area contributed by atoms with E-state index in [4.69, 9.17) is 5.73 Å². The molecule has 2 aliphatic rings. The molecule has 0 aromatic carbocycles. The van der Waals surface area contributed by atoms with Crippen molar-refractivity contribution in [2.24, 2.45) is 17.6 Å². The highest BCUT2D eigenvalue weighted by Crippen LogP contribution is 2.29. The molecule has 3 N–H and O–H groups in total. The summed E-state index contributed by atoms with van der Waals surface area (Å²) >= 11 is 0. The van der Waals surface area contributed by atoms with E-state index in [0.717, 1.165) is 57.9 Å². The lowest BCUT2D eigenvalue weighted by Crippen LogP contribution is -2.52. The molecule has 5 heteroatoms. The molecule has 23 heavy (non-hydrogen) atoms. The maximum atomic E-state index is 12.9. The number of amides is 2. The van der Waals surface area contributed by atoms with Gasteiger partial charge >= 0.3 is 0 Å². The monoisotopic (exact) mass is 323 g/mol. The average molecular weight is 323 g/mol. The molecule has 0 aromatic rings. The van der Waals surface area contributed by atoms with Gasteiger partial charge in [0.2, 0.25) is 11.8 Å². The van der Waals surface area contributed by atoms with E-state index in [1.54, 1.807) is 0 Å². The molecular formula is C18H33N3O2. The smallest absolute Gasteiger partial charge is 0.226 e. The first kappa shape index (κ1) is 18.2. The number of likely N-dealkylation sites (tertiary alicyclic amines) is 1. The summed E-state index contributed by atoms with van der Waals surface area (Å²) < 4.78 is 0. The van der Waals surface area contributed by atoms with Gasteiger partial charge < -0.3 is 16.0 Å². The molecule has 0 radical (unpaired) electrons. The Morgan fingerprint density at radius 3 is 2.65 bits per heavy atom. The highest BCUT2D eigenvalue weighted by atomic mass is 16.2. The minimum absolute atomic E-state index is 0.0516. The van der Waals surface area contributed by atoms with Crippen LogP contribution in [0.2, 0.25) is 0 Å². The summed E-state index contributed by atoms with van der Waals surface area (Å²) in [5, 5.41) is 3.02. The SMILES string of the molecule is CCCCNC(=O)C1CCC(C)N(C(=O)C2CCCC(N)C2)C1. The molecule has 0 spiro atoms. The van der Waals surface area contributed by atoms with Gasteiger partial charge in [-0.2, -0.15) is 0 Å². The van der Waals surface area contributed by atoms with Crippen LogP contribution >= 0.6 is 0 Å². The van der Waals surface area contributed by atoms with Crippen LogP contribution in [0.3, 0.4) is 0 Å². The Balaban J connectivity index is 1.91. The fourth-order valence-electron chi connectivity index (χ4n) is 3.85. The van der Waals surface area contributed by atoms with Gasteiger partial charge in [0, 0.05) is 31.1 Å². The third-order valence-electron chi connectivity index (χ3n) is 5.43. The molecule has 2 amide bonds. The van der Waals surface area contributed by atoms with Crippen LogP contribution in [0.25, 0.3) is 0 Å². The number of nitrogens with one attached hydrogen (secondary N) is 1. The van der Waals surface area contributed by atoms with Gasteiger partial charge in [0.05, 0.1) is 5.92 Å². The highest BCUT2D eigenvalue weighted by molar-refractivity contribution is 5.82. The van der Waals surface area contributed by atoms with Crippen LogP contribution in [0, 0.1) is 11.8 Å². The first-order valence-corrected chi connectivity index (χ1v) is 9.36. The molecule has 2 rings (SSSR count). The number of carbonyl (C=O) groups is 2. The lowest BCUT2D eigenvalue weighted by molar-refractivity contribution is -0.143. The number of unbranched alkanes of at least 4 members (excludes halogenated alkanes) is 1. The fraction of sp³-hybridized carbons (Fsp3) is 0.889. The summed E-state index contributed by atoms with van der Waals surface area (Å²) in [5.74, 6) is 0.342. The van der Waals surface area contributed by atoms with Crippen molar-refractivity contribution >= 4 is 11.8 Å². The number of rotatable bonds is 5. The van der Waals surface area contributed by atoms with Crippen LogP contribution in [0.15, 0.2) is 0 Å². The number of hydrogen-bond donors (Lipinski definition) is 2. The molecule has 2 fully saturated rings. The quantitative estimate of drug-likeness (QED) is 0.760. The molecule has 132 valence electrons. The van der Waals surface area contributed by atoms with Crippen LogP contribution in [0.1, 0.15) is 65.2 Å². The second kappa shape index (κ2) is 8.67. The van der Waals surface area contributed by atoms with Gasteiger partial charge in [-0.1, -0.05) is 19.8 Å². The largest absolute Gasteiger partial charge is 0.356 e. The van der Waals surface area contributed by atoms with Crippen molar-refractivity contribution in [1.82, 2.24) is 10.2 Å². The second-order valence-corrected chi connectivity index (χ2v) is 7.38. The Hall–Kier alpha value is -1.10. The third-order valence-corrected chi connectivity index (χ3v) is 5.43. The fourth-order valence-corrected chi connectivity index (χ4v) is 3.85. The zero-order valence-electron chi connectivity index (χ0n) is 14.7. The molecule has 1 saturated carbocycles. The van der Waals surface area contributed by atoms with E-state index in [-0.39, 0.29) is 35.7 Å². The topological polar surface area (TPSA) is 75.4 Å². The number of piperidine rings is 1. The maximum Gasteiger partial charge on any atom is 0.226 e. The first-order chi connectivity index (χ1) is 11.0. The van der Waals surface area contributed by atoms with Crippen molar-refractivity contribution in [2.45, 2.75) is 77.3 Å². The van der Waals surface area contributed by atoms with Gasteiger partial charge in [-0.3, -0.25) is 9.59 Å². The van der Waals surface area contributed by atoms with Gasteiger partial charge in [-0.15, -0.1) is 0 Å². The molecule has 5 nitrogen and oxygen atoms in total. The minimum atomic E-state index is -0.0516. The minimum Gasteiger partial charge on any atom is -0.356 e. The van der Waals surface area contributed by atoms with Crippen LogP contribution < -0.4 is 11.1 Å². The first-order valence-electron chi connectivity index (χ1n) is 9.36. The second-order valence-electron chi connectivity index (χ2n) is 7.38. The molecule has 0 bridgehead atoms. The average Bonchev–Trinajstić information content (AvgIpc) is 2.54. The molecule has 1 aliphatic carbocycles. The Bertz CT molecular complexity index is 413. The summed E-state index contributed by atoms with van der Waals surface area (Å²) in [5.41, 5.74) is 6.04. The van der Waals surface area contributed by atoms with Gasteiger partial charge in [0.15, 0.2) is 0 Å². The van der Waals surface area contributed by atoms with Crippen molar-refractivity contribution in [1.29, 1.82) is 0 Å². The zero-order valence-corrected chi connectivity index (χ0v) is 14.7. The number of carbonyl (C=O) groups excluding carboxylic acids is 2. The van der Waals surface area contributed by atoms with Crippen molar-refractivity contribution in [2.75, 3.05) is 13.1 Å². The highest BCUT2D eigenvalue weighted by Gasteiger charge is 2.36. The van der Waals surface area contributed by atoms with Crippen molar-refractivity contribution in [3.05, 3.63) is 0 Å². The predicted octanol–water partition coefficient (Wildman–Crippen LogP) is 2.05. The zero-order chi connectivity index (χ0) is 16.8. The van der Waals surface area contributed by atoms with Crippen LogP contribution in [0.4, 0.5) is 0 Å². The Kier molecular flexibility index (Phi) is 6.88. The van der Waals surface area contributed by atoms with Gasteiger partial charge in [0.25, 0.3) is 0 Å². The molecule has 4 atom stereocenters. The van der Waals surface area contributed by atoms with E-state index in [1.807, 2.05) is 4.90 Å². The lowest BCUT2D eigenvalue weighted by Gasteiger charge is -2.40. The van der Waals surface area contributed by atoms with Gasteiger partial charge in [0.1, 0.15) is 0 Å². The molecule has 1 heterocycles. The molecule has 0 aromatic heterocycles. The Morgan fingerprint density at radius 1 is 1.17 bits per heavy atom. The standard InChI is InChI=1S/C18H33N3O2/c1-3-4-10-20-17(22)15-9-8-13(2)21(12-15)18(23)14-6-5-7-16(19)11-14/h13-16H,3-12,19H2,1-2H3,(H,20,22). The Labute approximate surface area is 140 Å². The summed E-state index contributed by atoms with van der Waals surface area (Å²) in [7, 11) is 0. The van der Waals surface area contributed by atoms with E-state index in [1.165, 1.54) is 0 Å². The maximum absolute atomic E-state index is 12.9. The van der Waals surface area contributed by atoms with Crippen LogP contribution in [0.5, 0.6) is 0 Å². The molecule has 1 aliphatic heterocycles. The summed E-state index contributed by atoms with van der Waals surface area (Å²) in [6, 6.07) is 0.395. The third kappa shape index (κ3) is 4.93. The molecular weight excluding hydrogens is 290 g/mol.